The molecule has 152 valence electrons. The fourth-order valence-corrected chi connectivity index (χ4v) is 3.40. The highest BCUT2D eigenvalue weighted by Gasteiger charge is 2.09. The minimum Gasteiger partial charge on any atom is -0.495 e. The summed E-state index contributed by atoms with van der Waals surface area (Å²) in [7, 11) is 1.64. The number of rotatable bonds is 6. The molecule has 0 aliphatic carbocycles. The number of ether oxygens (including phenoxy) is 1. The Morgan fingerprint density at radius 2 is 1.64 bits per heavy atom. The minimum atomic E-state index is 0. The molecule has 3 N–H and O–H groups in total. The van der Waals surface area contributed by atoms with Gasteiger partial charge in [0.2, 0.25) is 0 Å². The van der Waals surface area contributed by atoms with Gasteiger partial charge in [0.05, 0.1) is 19.3 Å². The van der Waals surface area contributed by atoms with Gasteiger partial charge in [-0.15, -0.1) is 24.0 Å². The van der Waals surface area contributed by atoms with E-state index in [2.05, 4.69) is 39.5 Å². The number of hydrogen-bond acceptors (Lipinski definition) is 3. The van der Waals surface area contributed by atoms with Crippen LogP contribution in [0.4, 0.5) is 5.69 Å². The zero-order valence-corrected chi connectivity index (χ0v) is 18.9. The summed E-state index contributed by atoms with van der Waals surface area (Å²) in [5.74, 6) is 1.13. The van der Waals surface area contributed by atoms with Crippen molar-refractivity contribution in [1.82, 2.24) is 4.90 Å². The monoisotopic (exact) mass is 494 g/mol. The predicted octanol–water partition coefficient (Wildman–Crippen LogP) is 4.62. The van der Waals surface area contributed by atoms with Gasteiger partial charge in [0.1, 0.15) is 5.75 Å². The van der Waals surface area contributed by atoms with E-state index in [1.807, 2.05) is 24.3 Å². The molecule has 0 amide bonds. The Kier molecular flexibility index (Phi) is 9.57. The molecule has 1 aliphatic rings. The first-order valence-corrected chi connectivity index (χ1v) is 9.75. The molecule has 0 unspecified atom stereocenters. The SMILES string of the molecule is COc1ccccc1NC(N)=NCc1ccc(CN2CCCCCC2)cc1.I. The van der Waals surface area contributed by atoms with E-state index in [-0.39, 0.29) is 24.0 Å². The zero-order chi connectivity index (χ0) is 18.9. The van der Waals surface area contributed by atoms with Gasteiger partial charge < -0.3 is 15.8 Å². The number of para-hydroxylation sites is 2. The predicted molar refractivity (Wildman–Crippen MR) is 128 cm³/mol. The second-order valence-corrected chi connectivity index (χ2v) is 7.03. The van der Waals surface area contributed by atoms with Gasteiger partial charge in [0, 0.05) is 6.54 Å². The largest absolute Gasteiger partial charge is 0.495 e. The third kappa shape index (κ3) is 6.98. The molecule has 1 aliphatic heterocycles. The van der Waals surface area contributed by atoms with Crippen LogP contribution in [0.2, 0.25) is 0 Å². The first-order chi connectivity index (χ1) is 13.2. The molecule has 1 fully saturated rings. The maximum absolute atomic E-state index is 6.02. The summed E-state index contributed by atoms with van der Waals surface area (Å²) in [6.07, 6.45) is 5.39. The van der Waals surface area contributed by atoms with Crippen LogP contribution in [-0.2, 0) is 13.1 Å². The van der Waals surface area contributed by atoms with Crippen LogP contribution in [0, 0.1) is 0 Å². The molecule has 1 saturated heterocycles. The van der Waals surface area contributed by atoms with Gasteiger partial charge in [0.25, 0.3) is 0 Å². The first-order valence-electron chi connectivity index (χ1n) is 9.75. The van der Waals surface area contributed by atoms with Crippen molar-refractivity contribution in [3.8, 4) is 5.75 Å². The van der Waals surface area contributed by atoms with Crippen molar-refractivity contribution in [2.45, 2.75) is 38.8 Å². The Bertz CT molecular complexity index is 740. The van der Waals surface area contributed by atoms with Gasteiger partial charge in [-0.2, -0.15) is 0 Å². The van der Waals surface area contributed by atoms with Crippen molar-refractivity contribution in [3.63, 3.8) is 0 Å². The van der Waals surface area contributed by atoms with Crippen LogP contribution in [0.1, 0.15) is 36.8 Å². The number of likely N-dealkylation sites (tertiary alicyclic amines) is 1. The first kappa shape index (κ1) is 22.5. The number of guanidine groups is 1. The van der Waals surface area contributed by atoms with E-state index in [0.717, 1.165) is 23.5 Å². The van der Waals surface area contributed by atoms with Crippen LogP contribution in [0.5, 0.6) is 5.75 Å². The molecule has 5 nitrogen and oxygen atoms in total. The van der Waals surface area contributed by atoms with E-state index in [1.165, 1.54) is 44.3 Å². The zero-order valence-electron chi connectivity index (χ0n) is 16.6. The highest BCUT2D eigenvalue weighted by atomic mass is 127. The molecule has 28 heavy (non-hydrogen) atoms. The van der Waals surface area contributed by atoms with Crippen LogP contribution in [0.25, 0.3) is 0 Å². The van der Waals surface area contributed by atoms with Crippen LogP contribution < -0.4 is 15.8 Å². The molecule has 0 radical (unpaired) electrons. The van der Waals surface area contributed by atoms with E-state index in [0.29, 0.717) is 12.5 Å². The lowest BCUT2D eigenvalue weighted by Crippen LogP contribution is -2.24. The van der Waals surface area contributed by atoms with Crippen molar-refractivity contribution in [1.29, 1.82) is 0 Å². The normalized spacial score (nSPS) is 15.4. The van der Waals surface area contributed by atoms with Crippen molar-refractivity contribution in [3.05, 3.63) is 59.7 Å². The molecule has 0 atom stereocenters. The summed E-state index contributed by atoms with van der Waals surface area (Å²) in [5.41, 5.74) is 9.35. The average Bonchev–Trinajstić information content (AvgIpc) is 2.96. The molecular formula is C22H31IN4O. The van der Waals surface area contributed by atoms with Crippen molar-refractivity contribution in [2.75, 3.05) is 25.5 Å². The highest BCUT2D eigenvalue weighted by molar-refractivity contribution is 14.0. The van der Waals surface area contributed by atoms with Crippen LogP contribution in [-0.4, -0.2) is 31.1 Å². The topological polar surface area (TPSA) is 62.9 Å². The fraction of sp³-hybridized carbons (Fsp3) is 0.409. The molecule has 6 heteroatoms. The van der Waals surface area contributed by atoms with E-state index >= 15 is 0 Å². The molecular weight excluding hydrogens is 463 g/mol. The van der Waals surface area contributed by atoms with E-state index in [4.69, 9.17) is 10.5 Å². The molecule has 2 aromatic rings. The summed E-state index contributed by atoms with van der Waals surface area (Å²) < 4.78 is 5.32. The Morgan fingerprint density at radius 1 is 1.00 bits per heavy atom. The highest BCUT2D eigenvalue weighted by Crippen LogP contribution is 2.22. The molecule has 0 bridgehead atoms. The molecule has 0 saturated carbocycles. The lowest BCUT2D eigenvalue weighted by atomic mass is 10.1. The van der Waals surface area contributed by atoms with E-state index in [1.54, 1.807) is 7.11 Å². The summed E-state index contributed by atoms with van der Waals surface area (Å²) in [4.78, 5) is 7.00. The summed E-state index contributed by atoms with van der Waals surface area (Å²) in [6, 6.07) is 16.4. The lowest BCUT2D eigenvalue weighted by molar-refractivity contribution is 0.277. The number of methoxy groups -OCH3 is 1. The molecule has 2 aromatic carbocycles. The van der Waals surface area contributed by atoms with Crippen molar-refractivity contribution < 1.29 is 4.74 Å². The van der Waals surface area contributed by atoms with Crippen molar-refractivity contribution in [2.24, 2.45) is 10.7 Å². The number of nitrogens with zero attached hydrogens (tertiary/aromatic N) is 2. The Labute approximate surface area is 185 Å². The second kappa shape index (κ2) is 11.9. The number of anilines is 1. The van der Waals surface area contributed by atoms with Gasteiger partial charge in [-0.05, 0) is 49.2 Å². The second-order valence-electron chi connectivity index (χ2n) is 7.03. The number of benzene rings is 2. The Balaban J connectivity index is 0.00000280. The quantitative estimate of drug-likeness (QED) is 0.350. The number of halogens is 1. The maximum Gasteiger partial charge on any atom is 0.193 e. The molecule has 1 heterocycles. The third-order valence-corrected chi connectivity index (χ3v) is 4.93. The standard InChI is InChI=1S/C22H30N4O.HI/c1-27-21-9-5-4-8-20(21)25-22(23)24-16-18-10-12-19(13-11-18)17-26-14-6-2-3-7-15-26;/h4-5,8-13H,2-3,6-7,14-17H2,1H3,(H3,23,24,25);1H. The van der Waals surface area contributed by atoms with Gasteiger partial charge in [-0.25, -0.2) is 4.99 Å². The molecule has 0 spiro atoms. The van der Waals surface area contributed by atoms with E-state index in [9.17, 15) is 0 Å². The summed E-state index contributed by atoms with van der Waals surface area (Å²) in [5, 5.41) is 3.10. The number of nitrogens with two attached hydrogens (primary N) is 1. The van der Waals surface area contributed by atoms with Gasteiger partial charge >= 0.3 is 0 Å². The number of aliphatic imine (C=N–C) groups is 1. The van der Waals surface area contributed by atoms with E-state index < -0.39 is 0 Å². The third-order valence-electron chi connectivity index (χ3n) is 4.93. The average molecular weight is 494 g/mol. The number of hydrogen-bond donors (Lipinski definition) is 2. The van der Waals surface area contributed by atoms with Crippen LogP contribution in [0.3, 0.4) is 0 Å². The lowest BCUT2D eigenvalue weighted by Gasteiger charge is -2.19. The molecule has 0 aromatic heterocycles. The van der Waals surface area contributed by atoms with Gasteiger partial charge in [-0.1, -0.05) is 49.2 Å². The summed E-state index contributed by atoms with van der Waals surface area (Å²) in [6.45, 7) is 4.04. The van der Waals surface area contributed by atoms with Crippen molar-refractivity contribution >= 4 is 35.6 Å². The van der Waals surface area contributed by atoms with Crippen LogP contribution in [0.15, 0.2) is 53.5 Å². The van der Waals surface area contributed by atoms with Crippen LogP contribution >= 0.6 is 24.0 Å². The maximum atomic E-state index is 6.02. The summed E-state index contributed by atoms with van der Waals surface area (Å²) >= 11 is 0. The van der Waals surface area contributed by atoms with Gasteiger partial charge in [0.15, 0.2) is 5.96 Å². The Hall–Kier alpha value is -1.80. The fourth-order valence-electron chi connectivity index (χ4n) is 3.40. The minimum absolute atomic E-state index is 0. The Morgan fingerprint density at radius 3 is 2.32 bits per heavy atom. The van der Waals surface area contributed by atoms with Gasteiger partial charge in [-0.3, -0.25) is 4.90 Å². The number of nitrogens with one attached hydrogen (secondary N) is 1. The smallest absolute Gasteiger partial charge is 0.193 e. The molecule has 3 rings (SSSR count).